The fourth-order valence-electron chi connectivity index (χ4n) is 1.97. The summed E-state index contributed by atoms with van der Waals surface area (Å²) < 4.78 is 5.93. The van der Waals surface area contributed by atoms with Crippen molar-refractivity contribution in [3.8, 4) is 11.8 Å². The van der Waals surface area contributed by atoms with Crippen LogP contribution in [0.2, 0.25) is 0 Å². The third-order valence-corrected chi connectivity index (χ3v) is 2.95. The molecule has 1 heterocycles. The smallest absolute Gasteiger partial charge is 0.115 e. The Morgan fingerprint density at radius 1 is 1.19 bits per heavy atom. The van der Waals surface area contributed by atoms with Crippen molar-refractivity contribution in [1.82, 2.24) is 4.90 Å². The summed E-state index contributed by atoms with van der Waals surface area (Å²) in [6.07, 6.45) is 2.81. The van der Waals surface area contributed by atoms with Gasteiger partial charge in [0.25, 0.3) is 0 Å². The van der Waals surface area contributed by atoms with Gasteiger partial charge in [0, 0.05) is 19.0 Å². The molecule has 0 unspecified atom stereocenters. The third-order valence-electron chi connectivity index (χ3n) is 2.95. The Labute approximate surface area is 100 Å². The van der Waals surface area contributed by atoms with Gasteiger partial charge < -0.3 is 9.64 Å². The Balaban J connectivity index is 2.26. The molecule has 0 radical (unpaired) electrons. The van der Waals surface area contributed by atoms with Crippen molar-refractivity contribution in [2.24, 2.45) is 5.92 Å². The van der Waals surface area contributed by atoms with Crippen LogP contribution in [0.15, 0.2) is 0 Å². The zero-order chi connectivity index (χ0) is 12.0. The van der Waals surface area contributed by atoms with Crippen molar-refractivity contribution in [3.63, 3.8) is 0 Å². The van der Waals surface area contributed by atoms with E-state index in [-0.39, 0.29) is 6.10 Å². The van der Waals surface area contributed by atoms with Crippen LogP contribution in [0.3, 0.4) is 0 Å². The minimum Gasteiger partial charge on any atom is -0.362 e. The van der Waals surface area contributed by atoms with Crippen molar-refractivity contribution in [3.05, 3.63) is 0 Å². The van der Waals surface area contributed by atoms with E-state index in [0.717, 1.165) is 19.4 Å². The highest BCUT2D eigenvalue weighted by Crippen LogP contribution is 2.14. The minimum absolute atomic E-state index is 0.0839. The van der Waals surface area contributed by atoms with E-state index in [0.29, 0.717) is 12.0 Å². The Morgan fingerprint density at radius 2 is 1.81 bits per heavy atom. The van der Waals surface area contributed by atoms with E-state index < -0.39 is 0 Å². The second-order valence-corrected chi connectivity index (χ2v) is 4.86. The van der Waals surface area contributed by atoms with Gasteiger partial charge in [0.1, 0.15) is 6.10 Å². The summed E-state index contributed by atoms with van der Waals surface area (Å²) in [5, 5.41) is 0. The molecular weight excluding hydrogens is 198 g/mol. The molecule has 0 spiro atoms. The van der Waals surface area contributed by atoms with E-state index >= 15 is 0 Å². The first-order chi connectivity index (χ1) is 7.61. The van der Waals surface area contributed by atoms with Gasteiger partial charge in [0.15, 0.2) is 0 Å². The first kappa shape index (κ1) is 13.5. The van der Waals surface area contributed by atoms with Gasteiger partial charge in [-0.25, -0.2) is 0 Å². The van der Waals surface area contributed by atoms with Crippen LogP contribution < -0.4 is 0 Å². The summed E-state index contributed by atoms with van der Waals surface area (Å²) in [6.45, 7) is 12.0. The lowest BCUT2D eigenvalue weighted by Gasteiger charge is -2.31. The van der Waals surface area contributed by atoms with Crippen LogP contribution in [0.4, 0.5) is 0 Å². The monoisotopic (exact) mass is 223 g/mol. The van der Waals surface area contributed by atoms with Crippen LogP contribution in [0, 0.1) is 17.8 Å². The molecule has 1 aliphatic heterocycles. The molecule has 1 saturated heterocycles. The fraction of sp³-hybridized carbons (Fsp3) is 0.857. The van der Waals surface area contributed by atoms with Crippen molar-refractivity contribution >= 4 is 0 Å². The first-order valence-corrected chi connectivity index (χ1v) is 6.50. The van der Waals surface area contributed by atoms with Gasteiger partial charge in [-0.2, -0.15) is 0 Å². The fourth-order valence-corrected chi connectivity index (χ4v) is 1.97. The molecule has 1 aliphatic rings. The normalized spacial score (nSPS) is 20.6. The molecule has 2 nitrogen and oxygen atoms in total. The molecule has 0 amide bonds. The summed E-state index contributed by atoms with van der Waals surface area (Å²) >= 11 is 0. The second kappa shape index (κ2) is 6.93. The number of piperidine rings is 1. The van der Waals surface area contributed by atoms with Crippen LogP contribution in [0.5, 0.6) is 0 Å². The van der Waals surface area contributed by atoms with Crippen LogP contribution in [-0.4, -0.2) is 36.7 Å². The van der Waals surface area contributed by atoms with Gasteiger partial charge in [-0.05, 0) is 26.3 Å². The highest BCUT2D eigenvalue weighted by molar-refractivity contribution is 5.05. The largest absolute Gasteiger partial charge is 0.362 e. The molecule has 0 saturated carbocycles. The number of rotatable bonds is 3. The SMILES string of the molecule is CCN1CCC(O[C@@H](C)C#CC(C)C)CC1. The number of hydrogen-bond acceptors (Lipinski definition) is 2. The summed E-state index contributed by atoms with van der Waals surface area (Å²) in [6, 6.07) is 0. The molecule has 1 rings (SSSR count). The number of nitrogens with zero attached hydrogens (tertiary/aromatic N) is 1. The first-order valence-electron chi connectivity index (χ1n) is 6.50. The summed E-state index contributed by atoms with van der Waals surface area (Å²) in [5.74, 6) is 6.78. The average Bonchev–Trinajstić information content (AvgIpc) is 2.27. The quantitative estimate of drug-likeness (QED) is 0.682. The van der Waals surface area contributed by atoms with Gasteiger partial charge in [0.2, 0.25) is 0 Å². The van der Waals surface area contributed by atoms with Crippen molar-refractivity contribution in [2.75, 3.05) is 19.6 Å². The van der Waals surface area contributed by atoms with Crippen LogP contribution in [0.25, 0.3) is 0 Å². The summed E-state index contributed by atoms with van der Waals surface area (Å²) in [5.41, 5.74) is 0. The van der Waals surface area contributed by atoms with Crippen molar-refractivity contribution in [1.29, 1.82) is 0 Å². The summed E-state index contributed by atoms with van der Waals surface area (Å²) in [4.78, 5) is 2.48. The van der Waals surface area contributed by atoms with Gasteiger partial charge in [-0.1, -0.05) is 32.6 Å². The minimum atomic E-state index is 0.0839. The predicted octanol–water partition coefficient (Wildman–Crippen LogP) is 2.54. The molecule has 92 valence electrons. The summed E-state index contributed by atoms with van der Waals surface area (Å²) in [7, 11) is 0. The highest BCUT2D eigenvalue weighted by Gasteiger charge is 2.19. The standard InChI is InChI=1S/C14H25NO/c1-5-15-10-8-14(9-11-15)16-13(4)7-6-12(2)3/h12-14H,5,8-11H2,1-4H3/t13-/m0/s1. The predicted molar refractivity (Wildman–Crippen MR) is 68.3 cm³/mol. The molecule has 0 aromatic heterocycles. The number of likely N-dealkylation sites (tertiary alicyclic amines) is 1. The van der Waals surface area contributed by atoms with Gasteiger partial charge >= 0.3 is 0 Å². The highest BCUT2D eigenvalue weighted by atomic mass is 16.5. The maximum atomic E-state index is 5.93. The molecule has 2 heteroatoms. The number of hydrogen-bond donors (Lipinski definition) is 0. The van der Waals surface area contributed by atoms with E-state index in [1.807, 2.05) is 0 Å². The van der Waals surface area contributed by atoms with E-state index in [1.54, 1.807) is 0 Å². The van der Waals surface area contributed by atoms with Crippen molar-refractivity contribution in [2.45, 2.75) is 52.7 Å². The Bertz CT molecular complexity index is 243. The Morgan fingerprint density at radius 3 is 2.31 bits per heavy atom. The lowest BCUT2D eigenvalue weighted by atomic mass is 10.1. The average molecular weight is 223 g/mol. The van der Waals surface area contributed by atoms with Gasteiger partial charge in [0.05, 0.1) is 6.10 Å². The molecule has 16 heavy (non-hydrogen) atoms. The molecule has 0 aliphatic carbocycles. The lowest BCUT2D eigenvalue weighted by Crippen LogP contribution is -2.37. The molecule has 0 aromatic carbocycles. The maximum absolute atomic E-state index is 5.93. The zero-order valence-electron chi connectivity index (χ0n) is 11.1. The molecule has 1 fully saturated rings. The molecular formula is C14H25NO. The second-order valence-electron chi connectivity index (χ2n) is 4.86. The molecule has 0 aromatic rings. The molecule has 1 atom stereocenters. The topological polar surface area (TPSA) is 12.5 Å². The zero-order valence-corrected chi connectivity index (χ0v) is 11.1. The van der Waals surface area contributed by atoms with Gasteiger partial charge in [-0.3, -0.25) is 0 Å². The van der Waals surface area contributed by atoms with Crippen molar-refractivity contribution < 1.29 is 4.74 Å². The van der Waals surface area contributed by atoms with Crippen LogP contribution in [-0.2, 0) is 4.74 Å². The maximum Gasteiger partial charge on any atom is 0.115 e. The van der Waals surface area contributed by atoms with E-state index in [1.165, 1.54) is 13.1 Å². The van der Waals surface area contributed by atoms with E-state index in [2.05, 4.69) is 44.4 Å². The number of ether oxygens (including phenoxy) is 1. The molecule has 0 N–H and O–H groups in total. The van der Waals surface area contributed by atoms with E-state index in [4.69, 9.17) is 4.74 Å². The lowest BCUT2D eigenvalue weighted by molar-refractivity contribution is -0.0110. The van der Waals surface area contributed by atoms with E-state index in [9.17, 15) is 0 Å². The molecule has 0 bridgehead atoms. The third kappa shape index (κ3) is 5.01. The van der Waals surface area contributed by atoms with Gasteiger partial charge in [-0.15, -0.1) is 0 Å². The van der Waals surface area contributed by atoms with Crippen LogP contribution >= 0.6 is 0 Å². The Hall–Kier alpha value is -0.520. The Kier molecular flexibility index (Phi) is 5.87. The van der Waals surface area contributed by atoms with Crippen LogP contribution in [0.1, 0.15) is 40.5 Å².